The van der Waals surface area contributed by atoms with Crippen LogP contribution in [-0.4, -0.2) is 35.7 Å². The average Bonchev–Trinajstić information content (AvgIpc) is 2.77. The molecule has 0 amide bonds. The van der Waals surface area contributed by atoms with Gasteiger partial charge in [0, 0.05) is 17.8 Å². The Kier molecular flexibility index (Phi) is 7.60. The van der Waals surface area contributed by atoms with Gasteiger partial charge in [0.25, 0.3) is 0 Å². The Morgan fingerprint density at radius 3 is 2.52 bits per heavy atom. The second-order valence-electron chi connectivity index (χ2n) is 7.40. The Bertz CT molecular complexity index is 1010. The third-order valence-corrected chi connectivity index (χ3v) is 4.99. The smallest absolute Gasteiger partial charge is 0.338 e. The Morgan fingerprint density at radius 2 is 1.81 bits per heavy atom. The summed E-state index contributed by atoms with van der Waals surface area (Å²) in [7, 11) is 0. The number of Topliss-reactive ketones (excluding diaryl/α,β-unsaturated/α-hetero) is 1. The minimum absolute atomic E-state index is 0.0216. The predicted molar refractivity (Wildman–Crippen MR) is 123 cm³/mol. The predicted octanol–water partition coefficient (Wildman–Crippen LogP) is 5.24. The van der Waals surface area contributed by atoms with Gasteiger partial charge in [-0.1, -0.05) is 38.8 Å². The first-order valence-electron chi connectivity index (χ1n) is 10.7. The number of aromatic hydroxyl groups is 1. The van der Waals surface area contributed by atoms with Gasteiger partial charge in [-0.25, -0.2) is 4.79 Å². The number of carbonyl (C=O) groups is 2. The third-order valence-electron chi connectivity index (χ3n) is 4.99. The van der Waals surface area contributed by atoms with Crippen molar-refractivity contribution in [2.45, 2.75) is 39.5 Å². The van der Waals surface area contributed by atoms with Crippen LogP contribution in [0.4, 0.5) is 5.69 Å². The molecule has 2 aromatic rings. The fourth-order valence-electron chi connectivity index (χ4n) is 3.24. The Labute approximate surface area is 182 Å². The Hall–Kier alpha value is -3.41. The summed E-state index contributed by atoms with van der Waals surface area (Å²) in [6.45, 7) is 5.09. The van der Waals surface area contributed by atoms with Crippen molar-refractivity contribution >= 4 is 28.8 Å². The summed E-state index contributed by atoms with van der Waals surface area (Å²) in [6, 6.07) is 11.8. The molecule has 0 aliphatic heterocycles. The summed E-state index contributed by atoms with van der Waals surface area (Å²) in [5, 5.41) is 13.7. The molecular weight excluding hydrogens is 392 g/mol. The number of hydrogen-bond acceptors (Lipinski definition) is 6. The topological polar surface area (TPSA) is 88.0 Å². The van der Waals surface area contributed by atoms with Crippen molar-refractivity contribution < 1.29 is 19.4 Å². The van der Waals surface area contributed by atoms with Crippen molar-refractivity contribution in [1.29, 1.82) is 0 Å². The third kappa shape index (κ3) is 5.40. The number of allylic oxidation sites excluding steroid dienone is 1. The molecule has 6 heteroatoms. The van der Waals surface area contributed by atoms with Crippen LogP contribution >= 0.6 is 0 Å². The fourth-order valence-corrected chi connectivity index (χ4v) is 3.24. The first-order valence-corrected chi connectivity index (χ1v) is 10.7. The highest BCUT2D eigenvalue weighted by Crippen LogP contribution is 2.33. The SMILES string of the molecule is CCCCN=C1C=C(Nc2ccc(C(=O)OCCCC)cc2)c2c(O)cccc2C1=O. The van der Waals surface area contributed by atoms with Crippen molar-refractivity contribution in [3.63, 3.8) is 0 Å². The van der Waals surface area contributed by atoms with Gasteiger partial charge in [-0.15, -0.1) is 0 Å². The number of fused-ring (bicyclic) bond motifs is 1. The van der Waals surface area contributed by atoms with Gasteiger partial charge in [0.1, 0.15) is 11.5 Å². The maximum atomic E-state index is 12.8. The van der Waals surface area contributed by atoms with Crippen LogP contribution in [0.15, 0.2) is 53.5 Å². The lowest BCUT2D eigenvalue weighted by molar-refractivity contribution is 0.0499. The lowest BCUT2D eigenvalue weighted by Crippen LogP contribution is -2.22. The van der Waals surface area contributed by atoms with Gasteiger partial charge in [-0.2, -0.15) is 0 Å². The zero-order chi connectivity index (χ0) is 22.2. The van der Waals surface area contributed by atoms with E-state index in [9.17, 15) is 14.7 Å². The molecule has 3 rings (SSSR count). The highest BCUT2D eigenvalue weighted by atomic mass is 16.5. The average molecular weight is 421 g/mol. The molecule has 31 heavy (non-hydrogen) atoms. The number of phenolic OH excluding ortho intramolecular Hbond substituents is 1. The molecule has 0 atom stereocenters. The van der Waals surface area contributed by atoms with Crippen molar-refractivity contribution in [1.82, 2.24) is 0 Å². The fraction of sp³-hybridized carbons (Fsp3) is 0.320. The van der Waals surface area contributed by atoms with Crippen molar-refractivity contribution in [2.24, 2.45) is 4.99 Å². The van der Waals surface area contributed by atoms with Crippen LogP contribution < -0.4 is 5.32 Å². The number of benzene rings is 2. The van der Waals surface area contributed by atoms with Crippen molar-refractivity contribution in [2.75, 3.05) is 18.5 Å². The van der Waals surface area contributed by atoms with E-state index in [0.717, 1.165) is 25.7 Å². The number of aliphatic imine (C=N–C) groups is 1. The highest BCUT2D eigenvalue weighted by molar-refractivity contribution is 6.53. The van der Waals surface area contributed by atoms with Gasteiger partial charge in [-0.3, -0.25) is 9.79 Å². The van der Waals surface area contributed by atoms with E-state index in [0.29, 0.717) is 46.9 Å². The molecule has 0 saturated heterocycles. The molecule has 0 saturated carbocycles. The van der Waals surface area contributed by atoms with E-state index in [1.165, 1.54) is 0 Å². The normalized spacial score (nSPS) is 14.2. The van der Waals surface area contributed by atoms with E-state index in [-0.39, 0.29) is 17.5 Å². The van der Waals surface area contributed by atoms with Crippen LogP contribution in [0.25, 0.3) is 5.70 Å². The molecule has 2 N–H and O–H groups in total. The van der Waals surface area contributed by atoms with Crippen molar-refractivity contribution in [3.8, 4) is 5.75 Å². The van der Waals surface area contributed by atoms with Crippen LogP contribution in [0.2, 0.25) is 0 Å². The van der Waals surface area contributed by atoms with E-state index < -0.39 is 0 Å². The van der Waals surface area contributed by atoms with E-state index in [1.54, 1.807) is 48.5 Å². The Morgan fingerprint density at radius 1 is 1.06 bits per heavy atom. The van der Waals surface area contributed by atoms with E-state index in [1.807, 2.05) is 6.92 Å². The van der Waals surface area contributed by atoms with Crippen molar-refractivity contribution in [3.05, 3.63) is 65.2 Å². The van der Waals surface area contributed by atoms with E-state index >= 15 is 0 Å². The molecule has 6 nitrogen and oxygen atoms in total. The number of nitrogens with zero attached hydrogens (tertiary/aromatic N) is 1. The highest BCUT2D eigenvalue weighted by Gasteiger charge is 2.26. The molecule has 0 unspecified atom stereocenters. The van der Waals surface area contributed by atoms with Crippen LogP contribution in [0.5, 0.6) is 5.75 Å². The summed E-state index contributed by atoms with van der Waals surface area (Å²) in [4.78, 5) is 29.4. The number of carbonyl (C=O) groups excluding carboxylic acids is 2. The minimum atomic E-state index is -0.351. The summed E-state index contributed by atoms with van der Waals surface area (Å²) in [5.74, 6) is -0.526. The number of nitrogens with one attached hydrogen (secondary N) is 1. The summed E-state index contributed by atoms with van der Waals surface area (Å²) in [5.41, 5.74) is 3.00. The van der Waals surface area contributed by atoms with Gasteiger partial charge >= 0.3 is 5.97 Å². The molecule has 0 spiro atoms. The molecule has 1 aliphatic carbocycles. The van der Waals surface area contributed by atoms with Gasteiger partial charge in [-0.05, 0) is 49.2 Å². The number of esters is 1. The molecule has 1 aliphatic rings. The number of ketones is 1. The molecule has 0 fully saturated rings. The number of anilines is 1. The molecule has 0 aromatic heterocycles. The molecule has 2 aromatic carbocycles. The standard InChI is InChI=1S/C25H28N2O4/c1-3-5-14-26-21-16-20(23-19(24(21)29)8-7-9-22(23)28)27-18-12-10-17(11-13-18)25(30)31-15-6-4-2/h7-13,16,27-28H,3-6,14-15H2,1-2H3. The van der Waals surface area contributed by atoms with E-state index in [4.69, 9.17) is 4.74 Å². The van der Waals surface area contributed by atoms with Gasteiger partial charge in [0.2, 0.25) is 5.78 Å². The van der Waals surface area contributed by atoms with Gasteiger partial charge < -0.3 is 15.2 Å². The maximum absolute atomic E-state index is 12.8. The molecule has 0 radical (unpaired) electrons. The van der Waals surface area contributed by atoms with Crippen LogP contribution in [0.3, 0.4) is 0 Å². The number of unbranched alkanes of at least 4 members (excludes halogenated alkanes) is 2. The number of ether oxygens (including phenoxy) is 1. The summed E-state index contributed by atoms with van der Waals surface area (Å²) >= 11 is 0. The Balaban J connectivity index is 1.85. The zero-order valence-electron chi connectivity index (χ0n) is 18.0. The molecular formula is C25H28N2O4. The lowest BCUT2D eigenvalue weighted by atomic mass is 9.91. The molecule has 0 bridgehead atoms. The first-order chi connectivity index (χ1) is 15.0. The number of phenols is 1. The monoisotopic (exact) mass is 420 g/mol. The summed E-state index contributed by atoms with van der Waals surface area (Å²) < 4.78 is 5.24. The first kappa shape index (κ1) is 22.3. The minimum Gasteiger partial charge on any atom is -0.507 e. The zero-order valence-corrected chi connectivity index (χ0v) is 18.0. The number of hydrogen-bond donors (Lipinski definition) is 2. The summed E-state index contributed by atoms with van der Waals surface area (Å²) in [6.07, 6.45) is 5.36. The second-order valence-corrected chi connectivity index (χ2v) is 7.40. The van der Waals surface area contributed by atoms with Gasteiger partial charge in [0.05, 0.1) is 23.4 Å². The quantitative estimate of drug-likeness (QED) is 0.428. The van der Waals surface area contributed by atoms with Crippen LogP contribution in [-0.2, 0) is 4.74 Å². The van der Waals surface area contributed by atoms with Crippen LogP contribution in [0.1, 0.15) is 65.8 Å². The van der Waals surface area contributed by atoms with Gasteiger partial charge in [0.15, 0.2) is 0 Å². The maximum Gasteiger partial charge on any atom is 0.338 e. The largest absolute Gasteiger partial charge is 0.507 e. The molecule has 0 heterocycles. The lowest BCUT2D eigenvalue weighted by Gasteiger charge is -2.21. The van der Waals surface area contributed by atoms with E-state index in [2.05, 4.69) is 17.2 Å². The molecule has 162 valence electrons. The number of rotatable bonds is 9. The van der Waals surface area contributed by atoms with Crippen LogP contribution in [0, 0.1) is 0 Å². The second kappa shape index (κ2) is 10.6.